The molecule has 0 spiro atoms. The first-order valence-corrected chi connectivity index (χ1v) is 10.5. The van der Waals surface area contributed by atoms with Gasteiger partial charge in [-0.25, -0.2) is 0 Å². The summed E-state index contributed by atoms with van der Waals surface area (Å²) in [6.07, 6.45) is 8.97. The quantitative estimate of drug-likeness (QED) is 0.502. The van der Waals surface area contributed by atoms with Gasteiger partial charge in [0, 0.05) is 32.2 Å². The van der Waals surface area contributed by atoms with Crippen LogP contribution in [0.25, 0.3) is 0 Å². The predicted molar refractivity (Wildman–Crippen MR) is 105 cm³/mol. The molecular weight excluding hydrogens is 358 g/mol. The van der Waals surface area contributed by atoms with Crippen molar-refractivity contribution in [3.63, 3.8) is 0 Å². The average molecular weight is 389 g/mol. The predicted octanol–water partition coefficient (Wildman–Crippen LogP) is 3.28. The molecule has 1 aliphatic carbocycles. The van der Waals surface area contributed by atoms with Gasteiger partial charge in [-0.1, -0.05) is 18.9 Å². The number of methoxy groups -OCH3 is 1. The Balaban J connectivity index is 1.42. The van der Waals surface area contributed by atoms with E-state index in [4.69, 9.17) is 18.9 Å². The molecule has 1 aromatic carbocycles. The third kappa shape index (κ3) is 4.34. The maximum absolute atomic E-state index is 11.6. The average Bonchev–Trinajstić information content (AvgIpc) is 3.08. The number of nitrogens with zero attached hydrogens (tertiary/aromatic N) is 1. The molecule has 4 atom stereocenters. The van der Waals surface area contributed by atoms with Crippen LogP contribution >= 0.6 is 0 Å². The normalized spacial score (nSPS) is 30.2. The highest BCUT2D eigenvalue weighted by Gasteiger charge is 2.39. The fourth-order valence-corrected chi connectivity index (χ4v) is 4.99. The van der Waals surface area contributed by atoms with E-state index in [1.165, 1.54) is 38.5 Å². The van der Waals surface area contributed by atoms with E-state index in [1.54, 1.807) is 13.2 Å². The van der Waals surface area contributed by atoms with Gasteiger partial charge >= 0.3 is 0 Å². The van der Waals surface area contributed by atoms with Crippen molar-refractivity contribution in [2.75, 3.05) is 33.6 Å². The van der Waals surface area contributed by atoms with E-state index >= 15 is 0 Å². The van der Waals surface area contributed by atoms with E-state index in [1.807, 2.05) is 12.1 Å². The van der Waals surface area contributed by atoms with E-state index in [0.717, 1.165) is 19.4 Å². The fraction of sp³-hybridized carbons (Fsp3) is 0.682. The van der Waals surface area contributed by atoms with Crippen molar-refractivity contribution in [2.24, 2.45) is 5.92 Å². The topological polar surface area (TPSA) is 57.2 Å². The highest BCUT2D eigenvalue weighted by atomic mass is 16.7. The summed E-state index contributed by atoms with van der Waals surface area (Å²) in [5.41, 5.74) is 0.455. The molecule has 0 amide bonds. The molecule has 0 N–H and O–H groups in total. The number of hydrogen-bond acceptors (Lipinski definition) is 6. The van der Waals surface area contributed by atoms with Crippen LogP contribution in [0.3, 0.4) is 0 Å². The second-order valence-electron chi connectivity index (χ2n) is 8.17. The van der Waals surface area contributed by atoms with Crippen LogP contribution in [0.4, 0.5) is 0 Å². The number of fused-ring (bicyclic) bond motifs is 2. The first kappa shape index (κ1) is 19.7. The van der Waals surface area contributed by atoms with E-state index in [2.05, 4.69) is 4.90 Å². The number of ether oxygens (including phenoxy) is 4. The van der Waals surface area contributed by atoms with Crippen LogP contribution in [0.15, 0.2) is 18.2 Å². The Morgan fingerprint density at radius 2 is 1.79 bits per heavy atom. The van der Waals surface area contributed by atoms with Crippen molar-refractivity contribution in [3.8, 4) is 11.5 Å². The second-order valence-corrected chi connectivity index (χ2v) is 8.17. The summed E-state index contributed by atoms with van der Waals surface area (Å²) < 4.78 is 22.6. The highest BCUT2D eigenvalue weighted by Crippen LogP contribution is 2.35. The Morgan fingerprint density at radius 1 is 1.07 bits per heavy atom. The third-order valence-electron chi connectivity index (χ3n) is 6.34. The summed E-state index contributed by atoms with van der Waals surface area (Å²) in [5, 5.41) is 0. The van der Waals surface area contributed by atoms with Crippen molar-refractivity contribution < 1.29 is 23.7 Å². The molecule has 6 nitrogen and oxygen atoms in total. The van der Waals surface area contributed by atoms with Gasteiger partial charge in [-0.15, -0.1) is 0 Å². The zero-order valence-corrected chi connectivity index (χ0v) is 16.7. The van der Waals surface area contributed by atoms with Crippen molar-refractivity contribution in [1.29, 1.82) is 0 Å². The van der Waals surface area contributed by atoms with Crippen molar-refractivity contribution in [1.82, 2.24) is 4.90 Å². The number of carbonyl (C=O) groups is 1. The third-order valence-corrected chi connectivity index (χ3v) is 6.34. The molecule has 4 rings (SSSR count). The number of likely N-dealkylation sites (tertiary alicyclic amines) is 1. The van der Waals surface area contributed by atoms with E-state index in [9.17, 15) is 4.79 Å². The van der Waals surface area contributed by atoms with Gasteiger partial charge in [0.15, 0.2) is 13.1 Å². The zero-order valence-electron chi connectivity index (χ0n) is 16.7. The maximum Gasteiger partial charge on any atom is 0.188 e. The van der Waals surface area contributed by atoms with Gasteiger partial charge in [-0.3, -0.25) is 9.69 Å². The van der Waals surface area contributed by atoms with Gasteiger partial charge in [-0.05, 0) is 37.8 Å². The Labute approximate surface area is 167 Å². The molecule has 0 aromatic heterocycles. The van der Waals surface area contributed by atoms with Crippen molar-refractivity contribution >= 4 is 6.29 Å². The van der Waals surface area contributed by atoms with Gasteiger partial charge in [0.05, 0.1) is 24.4 Å². The lowest BCUT2D eigenvalue weighted by molar-refractivity contribution is -0.0698. The van der Waals surface area contributed by atoms with Gasteiger partial charge in [-0.2, -0.15) is 0 Å². The molecule has 1 aromatic rings. The van der Waals surface area contributed by atoms with E-state index < -0.39 is 0 Å². The van der Waals surface area contributed by atoms with Crippen LogP contribution in [0.1, 0.15) is 48.9 Å². The summed E-state index contributed by atoms with van der Waals surface area (Å²) in [6, 6.07) is 6.01. The van der Waals surface area contributed by atoms with Crippen LogP contribution in [-0.4, -0.2) is 63.0 Å². The molecular formula is C22H31NO5. The van der Waals surface area contributed by atoms with Crippen molar-refractivity contribution in [2.45, 2.75) is 56.8 Å². The Hall–Kier alpha value is -1.63. The van der Waals surface area contributed by atoms with Crippen LogP contribution in [0.2, 0.25) is 0 Å². The molecule has 1 saturated carbocycles. The number of rotatable bonds is 8. The number of hydrogen-bond donors (Lipinski definition) is 0. The van der Waals surface area contributed by atoms with Crippen LogP contribution in [0, 0.1) is 5.92 Å². The molecule has 6 heteroatoms. The van der Waals surface area contributed by atoms with Gasteiger partial charge in [0.1, 0.15) is 11.5 Å². The second kappa shape index (κ2) is 9.25. The van der Waals surface area contributed by atoms with Crippen LogP contribution in [0.5, 0.6) is 11.5 Å². The monoisotopic (exact) mass is 389 g/mol. The Bertz CT molecular complexity index is 654. The standard InChI is InChI=1S/C22H31NO5/c1-25-15-27-22-8-4-7-21(19(22)13-24)26-14-16-5-2-3-6-20(16)23-11-17-9-10-18(12-23)28-17/h4,7-8,13,16-18,20H,2-3,5-6,9-12,14-15H2,1H3. The minimum atomic E-state index is 0.106. The molecule has 0 radical (unpaired) electrons. The summed E-state index contributed by atoms with van der Waals surface area (Å²) in [5.74, 6) is 1.57. The minimum absolute atomic E-state index is 0.106. The van der Waals surface area contributed by atoms with Gasteiger partial charge < -0.3 is 18.9 Å². The molecule has 2 heterocycles. The number of aldehydes is 1. The molecule has 4 unspecified atom stereocenters. The zero-order chi connectivity index (χ0) is 19.3. The summed E-state index contributed by atoms with van der Waals surface area (Å²) >= 11 is 0. The Kier molecular flexibility index (Phi) is 6.50. The highest BCUT2D eigenvalue weighted by molar-refractivity contribution is 5.83. The number of morpholine rings is 1. The first-order valence-electron chi connectivity index (χ1n) is 10.5. The number of carbonyl (C=O) groups excluding carboxylic acids is 1. The van der Waals surface area contributed by atoms with Gasteiger partial charge in [0.2, 0.25) is 0 Å². The molecule has 3 fully saturated rings. The molecule has 2 aliphatic heterocycles. The Morgan fingerprint density at radius 3 is 2.50 bits per heavy atom. The summed E-state index contributed by atoms with van der Waals surface area (Å²) in [7, 11) is 1.56. The maximum atomic E-state index is 11.6. The molecule has 2 bridgehead atoms. The lowest BCUT2D eigenvalue weighted by Gasteiger charge is -2.43. The fourth-order valence-electron chi connectivity index (χ4n) is 4.99. The number of benzene rings is 1. The summed E-state index contributed by atoms with van der Waals surface area (Å²) in [4.78, 5) is 14.3. The molecule has 2 saturated heterocycles. The molecule has 28 heavy (non-hydrogen) atoms. The smallest absolute Gasteiger partial charge is 0.188 e. The van der Waals surface area contributed by atoms with Crippen LogP contribution in [-0.2, 0) is 9.47 Å². The van der Waals surface area contributed by atoms with Gasteiger partial charge in [0.25, 0.3) is 0 Å². The first-order chi connectivity index (χ1) is 13.8. The molecule has 3 aliphatic rings. The largest absolute Gasteiger partial charge is 0.492 e. The van der Waals surface area contributed by atoms with E-state index in [-0.39, 0.29) is 6.79 Å². The summed E-state index contributed by atoms with van der Waals surface area (Å²) in [6.45, 7) is 2.84. The van der Waals surface area contributed by atoms with Crippen LogP contribution < -0.4 is 9.47 Å². The molecule has 154 valence electrons. The lowest BCUT2D eigenvalue weighted by atomic mass is 9.83. The SMILES string of the molecule is COCOc1cccc(OCC2CCCCC2N2CC3CCC(C2)O3)c1C=O. The van der Waals surface area contributed by atoms with Crippen molar-refractivity contribution in [3.05, 3.63) is 23.8 Å². The minimum Gasteiger partial charge on any atom is -0.492 e. The van der Waals surface area contributed by atoms with E-state index in [0.29, 0.717) is 47.8 Å². The lowest BCUT2D eigenvalue weighted by Crippen LogP contribution is -2.52.